The standard InChI is InChI=1S/C17H20ClNO/c1-2-11-19-12-15-9-6-10-16(18)17(15)20-13-14-7-4-3-5-8-14/h3-10,19H,2,11-13H2,1H3. The molecule has 106 valence electrons. The number of hydrogen-bond acceptors (Lipinski definition) is 2. The van der Waals surface area contributed by atoms with Gasteiger partial charge >= 0.3 is 0 Å². The van der Waals surface area contributed by atoms with Crippen molar-refractivity contribution in [2.45, 2.75) is 26.5 Å². The van der Waals surface area contributed by atoms with Gasteiger partial charge in [0.1, 0.15) is 12.4 Å². The first-order chi connectivity index (χ1) is 9.81. The van der Waals surface area contributed by atoms with Crippen molar-refractivity contribution in [3.8, 4) is 5.75 Å². The van der Waals surface area contributed by atoms with Gasteiger partial charge in [0, 0.05) is 12.1 Å². The molecule has 0 aliphatic heterocycles. The van der Waals surface area contributed by atoms with Crippen LogP contribution in [0.1, 0.15) is 24.5 Å². The van der Waals surface area contributed by atoms with Crippen LogP contribution in [-0.2, 0) is 13.2 Å². The average Bonchev–Trinajstić information content (AvgIpc) is 2.48. The molecule has 0 amide bonds. The molecular formula is C17H20ClNO. The monoisotopic (exact) mass is 289 g/mol. The van der Waals surface area contributed by atoms with Crippen LogP contribution in [0.15, 0.2) is 48.5 Å². The van der Waals surface area contributed by atoms with Gasteiger partial charge in [-0.25, -0.2) is 0 Å². The van der Waals surface area contributed by atoms with E-state index in [1.807, 2.05) is 42.5 Å². The summed E-state index contributed by atoms with van der Waals surface area (Å²) in [6.07, 6.45) is 1.11. The lowest BCUT2D eigenvalue weighted by Gasteiger charge is -2.13. The van der Waals surface area contributed by atoms with E-state index in [-0.39, 0.29) is 0 Å². The molecular weight excluding hydrogens is 270 g/mol. The number of ether oxygens (including phenoxy) is 1. The lowest BCUT2D eigenvalue weighted by atomic mass is 10.2. The summed E-state index contributed by atoms with van der Waals surface area (Å²) in [7, 11) is 0. The van der Waals surface area contributed by atoms with E-state index < -0.39 is 0 Å². The lowest BCUT2D eigenvalue weighted by Crippen LogP contribution is -2.14. The van der Waals surface area contributed by atoms with Gasteiger partial charge in [0.15, 0.2) is 0 Å². The Hall–Kier alpha value is -1.51. The molecule has 0 spiro atoms. The Balaban J connectivity index is 2.05. The van der Waals surface area contributed by atoms with E-state index in [1.165, 1.54) is 0 Å². The van der Waals surface area contributed by atoms with Gasteiger partial charge in [-0.15, -0.1) is 0 Å². The average molecular weight is 290 g/mol. The molecule has 2 rings (SSSR count). The predicted octanol–water partition coefficient (Wildman–Crippen LogP) is 4.42. The molecule has 0 atom stereocenters. The number of nitrogens with one attached hydrogen (secondary N) is 1. The first-order valence-electron chi connectivity index (χ1n) is 6.96. The zero-order valence-corrected chi connectivity index (χ0v) is 12.5. The second-order valence-electron chi connectivity index (χ2n) is 4.68. The summed E-state index contributed by atoms with van der Waals surface area (Å²) in [4.78, 5) is 0. The first kappa shape index (κ1) is 14.9. The molecule has 2 aromatic rings. The first-order valence-corrected chi connectivity index (χ1v) is 7.34. The fourth-order valence-corrected chi connectivity index (χ4v) is 2.23. The number of rotatable bonds is 7. The van der Waals surface area contributed by atoms with Gasteiger partial charge in [-0.2, -0.15) is 0 Å². The minimum absolute atomic E-state index is 0.533. The van der Waals surface area contributed by atoms with Crippen LogP contribution in [0.2, 0.25) is 5.02 Å². The second kappa shape index (κ2) is 7.93. The van der Waals surface area contributed by atoms with Crippen LogP contribution in [0.3, 0.4) is 0 Å². The molecule has 0 fully saturated rings. The smallest absolute Gasteiger partial charge is 0.142 e. The maximum absolute atomic E-state index is 6.26. The summed E-state index contributed by atoms with van der Waals surface area (Å²) in [6, 6.07) is 16.0. The van der Waals surface area contributed by atoms with Crippen LogP contribution in [0.4, 0.5) is 0 Å². The Morgan fingerprint density at radius 1 is 1.05 bits per heavy atom. The van der Waals surface area contributed by atoms with Gasteiger partial charge in [0.25, 0.3) is 0 Å². The molecule has 3 heteroatoms. The fourth-order valence-electron chi connectivity index (χ4n) is 1.98. The highest BCUT2D eigenvalue weighted by atomic mass is 35.5. The quantitative estimate of drug-likeness (QED) is 0.762. The fraction of sp³-hybridized carbons (Fsp3) is 0.294. The van der Waals surface area contributed by atoms with Crippen molar-refractivity contribution in [1.82, 2.24) is 5.32 Å². The van der Waals surface area contributed by atoms with Crippen LogP contribution in [-0.4, -0.2) is 6.54 Å². The van der Waals surface area contributed by atoms with Crippen LogP contribution >= 0.6 is 11.6 Å². The number of benzene rings is 2. The highest BCUT2D eigenvalue weighted by Crippen LogP contribution is 2.29. The number of para-hydroxylation sites is 1. The summed E-state index contributed by atoms with van der Waals surface area (Å²) in [5, 5.41) is 4.04. The molecule has 2 nitrogen and oxygen atoms in total. The number of halogens is 1. The SMILES string of the molecule is CCCNCc1cccc(Cl)c1OCc1ccccc1. The summed E-state index contributed by atoms with van der Waals surface area (Å²) >= 11 is 6.26. The molecule has 0 saturated carbocycles. The molecule has 0 radical (unpaired) electrons. The van der Waals surface area contributed by atoms with Gasteiger partial charge in [-0.05, 0) is 24.6 Å². The molecule has 0 heterocycles. The zero-order valence-electron chi connectivity index (χ0n) is 11.7. The summed E-state index contributed by atoms with van der Waals surface area (Å²) in [6.45, 7) is 4.45. The Morgan fingerprint density at radius 3 is 2.60 bits per heavy atom. The van der Waals surface area contributed by atoms with E-state index in [0.29, 0.717) is 11.6 Å². The van der Waals surface area contributed by atoms with Crippen molar-refractivity contribution in [3.63, 3.8) is 0 Å². The molecule has 0 bridgehead atoms. The van der Waals surface area contributed by atoms with E-state index in [2.05, 4.69) is 18.3 Å². The van der Waals surface area contributed by atoms with E-state index in [4.69, 9.17) is 16.3 Å². The third-order valence-electron chi connectivity index (χ3n) is 3.02. The zero-order chi connectivity index (χ0) is 14.2. The van der Waals surface area contributed by atoms with E-state index in [1.54, 1.807) is 0 Å². The Kier molecular flexibility index (Phi) is 5.90. The van der Waals surface area contributed by atoms with Gasteiger partial charge in [-0.3, -0.25) is 0 Å². The predicted molar refractivity (Wildman–Crippen MR) is 84.2 cm³/mol. The van der Waals surface area contributed by atoms with Crippen LogP contribution in [0.5, 0.6) is 5.75 Å². The largest absolute Gasteiger partial charge is 0.487 e. The van der Waals surface area contributed by atoms with Crippen LogP contribution in [0, 0.1) is 0 Å². The van der Waals surface area contributed by atoms with Crippen molar-refractivity contribution in [1.29, 1.82) is 0 Å². The molecule has 0 aromatic heterocycles. The second-order valence-corrected chi connectivity index (χ2v) is 5.09. The van der Waals surface area contributed by atoms with Gasteiger partial charge < -0.3 is 10.1 Å². The third kappa shape index (κ3) is 4.26. The lowest BCUT2D eigenvalue weighted by molar-refractivity contribution is 0.302. The highest BCUT2D eigenvalue weighted by Gasteiger charge is 2.08. The van der Waals surface area contributed by atoms with E-state index >= 15 is 0 Å². The summed E-state index contributed by atoms with van der Waals surface area (Å²) in [5.74, 6) is 0.779. The normalized spacial score (nSPS) is 10.5. The Bertz CT molecular complexity index is 528. The van der Waals surface area contributed by atoms with E-state index in [9.17, 15) is 0 Å². The van der Waals surface area contributed by atoms with Gasteiger partial charge in [0.2, 0.25) is 0 Å². The third-order valence-corrected chi connectivity index (χ3v) is 3.31. The van der Waals surface area contributed by atoms with E-state index in [0.717, 1.165) is 36.4 Å². The Labute approximate surface area is 125 Å². The minimum atomic E-state index is 0.533. The van der Waals surface area contributed by atoms with Crippen LogP contribution in [0.25, 0.3) is 0 Å². The van der Waals surface area contributed by atoms with Crippen molar-refractivity contribution >= 4 is 11.6 Å². The molecule has 0 aliphatic rings. The maximum Gasteiger partial charge on any atom is 0.142 e. The summed E-state index contributed by atoms with van der Waals surface area (Å²) < 4.78 is 5.91. The Morgan fingerprint density at radius 2 is 1.85 bits per heavy atom. The molecule has 0 unspecified atom stereocenters. The molecule has 0 saturated heterocycles. The van der Waals surface area contributed by atoms with Crippen molar-refractivity contribution in [3.05, 3.63) is 64.7 Å². The maximum atomic E-state index is 6.26. The minimum Gasteiger partial charge on any atom is -0.487 e. The molecule has 20 heavy (non-hydrogen) atoms. The summed E-state index contributed by atoms with van der Waals surface area (Å²) in [5.41, 5.74) is 2.24. The van der Waals surface area contributed by atoms with Gasteiger partial charge in [-0.1, -0.05) is 61.0 Å². The van der Waals surface area contributed by atoms with Crippen LogP contribution < -0.4 is 10.1 Å². The molecule has 2 aromatic carbocycles. The number of hydrogen-bond donors (Lipinski definition) is 1. The van der Waals surface area contributed by atoms with Crippen molar-refractivity contribution < 1.29 is 4.74 Å². The highest BCUT2D eigenvalue weighted by molar-refractivity contribution is 6.32. The topological polar surface area (TPSA) is 21.3 Å². The molecule has 0 aliphatic carbocycles. The van der Waals surface area contributed by atoms with Gasteiger partial charge in [0.05, 0.1) is 5.02 Å². The van der Waals surface area contributed by atoms with Crippen molar-refractivity contribution in [2.75, 3.05) is 6.54 Å². The van der Waals surface area contributed by atoms with Crippen molar-refractivity contribution in [2.24, 2.45) is 0 Å². The molecule has 1 N–H and O–H groups in total.